The molecule has 4 nitrogen and oxygen atoms in total. The largest absolute Gasteiger partial charge is 0.376 e. The van der Waals surface area contributed by atoms with Crippen LogP contribution >= 0.6 is 0 Å². The summed E-state index contributed by atoms with van der Waals surface area (Å²) in [5.41, 5.74) is 7.25. The van der Waals surface area contributed by atoms with Crippen LogP contribution in [0.5, 0.6) is 0 Å². The summed E-state index contributed by atoms with van der Waals surface area (Å²) < 4.78 is 5.91. The van der Waals surface area contributed by atoms with Crippen LogP contribution in [0.2, 0.25) is 0 Å². The Morgan fingerprint density at radius 1 is 1.41 bits per heavy atom. The van der Waals surface area contributed by atoms with Crippen LogP contribution < -0.4 is 5.73 Å². The number of aryl methyl sites for hydroxylation is 1. The van der Waals surface area contributed by atoms with E-state index in [1.165, 1.54) is 5.56 Å². The van der Waals surface area contributed by atoms with Crippen molar-refractivity contribution in [2.75, 3.05) is 19.7 Å². The molecule has 1 amide bonds. The van der Waals surface area contributed by atoms with E-state index in [4.69, 9.17) is 10.5 Å². The first kappa shape index (κ1) is 17.0. The van der Waals surface area contributed by atoms with E-state index in [2.05, 4.69) is 31.2 Å². The minimum atomic E-state index is -0.346. The molecule has 0 bridgehead atoms. The maximum absolute atomic E-state index is 12.1. The van der Waals surface area contributed by atoms with Crippen LogP contribution in [0.3, 0.4) is 0 Å². The van der Waals surface area contributed by atoms with E-state index in [0.29, 0.717) is 6.54 Å². The van der Waals surface area contributed by atoms with Gasteiger partial charge in [0, 0.05) is 19.7 Å². The molecule has 1 aliphatic heterocycles. The number of carbonyl (C=O) groups excluding carboxylic acids is 1. The van der Waals surface area contributed by atoms with Gasteiger partial charge in [-0.25, -0.2) is 0 Å². The Bertz CT molecular complexity index is 450. The van der Waals surface area contributed by atoms with Crippen LogP contribution in [0.25, 0.3) is 0 Å². The summed E-state index contributed by atoms with van der Waals surface area (Å²) in [6.07, 6.45) is 4.86. The Morgan fingerprint density at radius 3 is 2.91 bits per heavy atom. The van der Waals surface area contributed by atoms with Crippen molar-refractivity contribution in [3.05, 3.63) is 35.9 Å². The third-order valence-corrected chi connectivity index (χ3v) is 4.18. The zero-order valence-electron chi connectivity index (χ0n) is 13.5. The van der Waals surface area contributed by atoms with Crippen LogP contribution in [-0.2, 0) is 16.0 Å². The number of benzene rings is 1. The van der Waals surface area contributed by atoms with Crippen molar-refractivity contribution in [1.29, 1.82) is 0 Å². The van der Waals surface area contributed by atoms with Gasteiger partial charge in [0.25, 0.3) is 0 Å². The molecule has 1 aromatic carbocycles. The minimum Gasteiger partial charge on any atom is -0.376 e. The molecule has 2 N–H and O–H groups in total. The molecule has 0 saturated carbocycles. The molecule has 1 fully saturated rings. The van der Waals surface area contributed by atoms with E-state index in [9.17, 15) is 4.79 Å². The summed E-state index contributed by atoms with van der Waals surface area (Å²) in [7, 11) is 0. The summed E-state index contributed by atoms with van der Waals surface area (Å²) in [5.74, 6) is 0.0808. The van der Waals surface area contributed by atoms with Gasteiger partial charge in [-0.05, 0) is 31.2 Å². The van der Waals surface area contributed by atoms with Gasteiger partial charge < -0.3 is 15.4 Å². The van der Waals surface area contributed by atoms with Crippen LogP contribution in [-0.4, -0.2) is 42.6 Å². The minimum absolute atomic E-state index is 0.0808. The molecule has 1 aromatic rings. The Morgan fingerprint density at radius 2 is 2.18 bits per heavy atom. The van der Waals surface area contributed by atoms with E-state index in [-0.39, 0.29) is 18.1 Å². The van der Waals surface area contributed by atoms with Gasteiger partial charge in [-0.3, -0.25) is 4.79 Å². The highest BCUT2D eigenvalue weighted by Gasteiger charge is 2.29. The van der Waals surface area contributed by atoms with Crippen LogP contribution in [0.15, 0.2) is 30.3 Å². The van der Waals surface area contributed by atoms with E-state index in [1.807, 2.05) is 11.0 Å². The number of rotatable bonds is 8. The Labute approximate surface area is 133 Å². The topological polar surface area (TPSA) is 55.6 Å². The van der Waals surface area contributed by atoms with Crippen LogP contribution in [0.4, 0.5) is 0 Å². The van der Waals surface area contributed by atoms with Gasteiger partial charge in [-0.2, -0.15) is 0 Å². The standard InChI is InChI=1S/C18H28N2O2/c1-2-7-17(19)18(21)20-12-11-16(14-20)22-13-6-10-15-8-4-3-5-9-15/h3-5,8-9,16-17H,2,6-7,10-14,19H2,1H3. The summed E-state index contributed by atoms with van der Waals surface area (Å²) in [6, 6.07) is 10.1. The quantitative estimate of drug-likeness (QED) is 0.750. The third kappa shape index (κ3) is 5.11. The fraction of sp³-hybridized carbons (Fsp3) is 0.611. The van der Waals surface area contributed by atoms with Gasteiger partial charge in [0.05, 0.1) is 12.1 Å². The lowest BCUT2D eigenvalue weighted by atomic mass is 10.1. The van der Waals surface area contributed by atoms with Gasteiger partial charge in [-0.1, -0.05) is 43.7 Å². The molecule has 0 aliphatic carbocycles. The van der Waals surface area contributed by atoms with E-state index < -0.39 is 0 Å². The smallest absolute Gasteiger partial charge is 0.239 e. The highest BCUT2D eigenvalue weighted by atomic mass is 16.5. The molecular weight excluding hydrogens is 276 g/mol. The highest BCUT2D eigenvalue weighted by molar-refractivity contribution is 5.81. The Hall–Kier alpha value is -1.39. The SMILES string of the molecule is CCCC(N)C(=O)N1CCC(OCCCc2ccccc2)C1. The molecule has 0 aromatic heterocycles. The second-order valence-corrected chi connectivity index (χ2v) is 6.05. The number of nitrogens with two attached hydrogens (primary N) is 1. The second kappa shape index (κ2) is 8.91. The normalized spacial score (nSPS) is 19.4. The number of carbonyl (C=O) groups is 1. The molecule has 1 heterocycles. The number of likely N-dealkylation sites (tertiary alicyclic amines) is 1. The fourth-order valence-corrected chi connectivity index (χ4v) is 2.90. The lowest BCUT2D eigenvalue weighted by Gasteiger charge is -2.20. The lowest BCUT2D eigenvalue weighted by molar-refractivity contribution is -0.132. The molecule has 2 rings (SSSR count). The fourth-order valence-electron chi connectivity index (χ4n) is 2.90. The van der Waals surface area contributed by atoms with Crippen molar-refractivity contribution >= 4 is 5.91 Å². The van der Waals surface area contributed by atoms with Crippen molar-refractivity contribution in [1.82, 2.24) is 4.90 Å². The van der Waals surface area contributed by atoms with Gasteiger partial charge >= 0.3 is 0 Å². The number of amides is 1. The number of hydrogen-bond donors (Lipinski definition) is 1. The van der Waals surface area contributed by atoms with Crippen LogP contribution in [0.1, 0.15) is 38.2 Å². The monoisotopic (exact) mass is 304 g/mol. The third-order valence-electron chi connectivity index (χ3n) is 4.18. The van der Waals surface area contributed by atoms with Gasteiger partial charge in [-0.15, -0.1) is 0 Å². The van der Waals surface area contributed by atoms with E-state index in [0.717, 1.165) is 45.3 Å². The Balaban J connectivity index is 1.63. The summed E-state index contributed by atoms with van der Waals surface area (Å²) in [4.78, 5) is 14.0. The van der Waals surface area contributed by atoms with Gasteiger partial charge in [0.2, 0.25) is 5.91 Å². The lowest BCUT2D eigenvalue weighted by Crippen LogP contribution is -2.43. The zero-order chi connectivity index (χ0) is 15.8. The predicted molar refractivity (Wildman–Crippen MR) is 88.6 cm³/mol. The molecule has 1 aliphatic rings. The zero-order valence-corrected chi connectivity index (χ0v) is 13.5. The Kier molecular flexibility index (Phi) is 6.87. The molecular formula is C18H28N2O2. The van der Waals surface area contributed by atoms with Gasteiger partial charge in [0.15, 0.2) is 0 Å². The second-order valence-electron chi connectivity index (χ2n) is 6.05. The van der Waals surface area contributed by atoms with Crippen LogP contribution in [0, 0.1) is 0 Å². The first-order valence-corrected chi connectivity index (χ1v) is 8.40. The van der Waals surface area contributed by atoms with Crippen molar-refractivity contribution < 1.29 is 9.53 Å². The maximum atomic E-state index is 12.1. The molecule has 4 heteroatoms. The maximum Gasteiger partial charge on any atom is 0.239 e. The average molecular weight is 304 g/mol. The molecule has 0 radical (unpaired) electrons. The van der Waals surface area contributed by atoms with E-state index in [1.54, 1.807) is 0 Å². The molecule has 2 atom stereocenters. The molecule has 1 saturated heterocycles. The van der Waals surface area contributed by atoms with Gasteiger partial charge in [0.1, 0.15) is 0 Å². The van der Waals surface area contributed by atoms with Crippen molar-refractivity contribution in [3.63, 3.8) is 0 Å². The number of nitrogens with zero attached hydrogens (tertiary/aromatic N) is 1. The summed E-state index contributed by atoms with van der Waals surface area (Å²) in [6.45, 7) is 4.28. The number of ether oxygens (including phenoxy) is 1. The average Bonchev–Trinajstić information content (AvgIpc) is 3.01. The van der Waals surface area contributed by atoms with Crippen molar-refractivity contribution in [2.45, 2.75) is 51.2 Å². The molecule has 2 unspecified atom stereocenters. The summed E-state index contributed by atoms with van der Waals surface area (Å²) >= 11 is 0. The summed E-state index contributed by atoms with van der Waals surface area (Å²) in [5, 5.41) is 0. The molecule has 22 heavy (non-hydrogen) atoms. The highest BCUT2D eigenvalue weighted by Crippen LogP contribution is 2.15. The number of hydrogen-bond acceptors (Lipinski definition) is 3. The first-order chi connectivity index (χ1) is 10.7. The van der Waals surface area contributed by atoms with Crippen molar-refractivity contribution in [2.24, 2.45) is 5.73 Å². The predicted octanol–water partition coefficient (Wildman–Crippen LogP) is 2.36. The van der Waals surface area contributed by atoms with Crippen molar-refractivity contribution in [3.8, 4) is 0 Å². The first-order valence-electron chi connectivity index (χ1n) is 8.40. The van der Waals surface area contributed by atoms with E-state index >= 15 is 0 Å². The molecule has 122 valence electrons. The molecule has 0 spiro atoms.